The van der Waals surface area contributed by atoms with Gasteiger partial charge in [-0.05, 0) is 50.1 Å². The van der Waals surface area contributed by atoms with Crippen LogP contribution in [-0.2, 0) is 4.79 Å². The van der Waals surface area contributed by atoms with E-state index in [2.05, 4.69) is 24.1 Å². The third-order valence-corrected chi connectivity index (χ3v) is 6.76. The fourth-order valence-corrected chi connectivity index (χ4v) is 4.22. The first kappa shape index (κ1) is 25.4. The fourth-order valence-electron chi connectivity index (χ4n) is 3.44. The van der Waals surface area contributed by atoms with E-state index in [1.54, 1.807) is 36.2 Å². The van der Waals surface area contributed by atoms with Gasteiger partial charge in [0.05, 0.1) is 0 Å². The second-order valence-corrected chi connectivity index (χ2v) is 9.22. The summed E-state index contributed by atoms with van der Waals surface area (Å²) < 4.78 is 5.81. The normalized spacial score (nSPS) is 15.1. The van der Waals surface area contributed by atoms with E-state index in [1.165, 1.54) is 51.4 Å². The van der Waals surface area contributed by atoms with Crippen molar-refractivity contribution in [1.82, 2.24) is 15.2 Å². The standard InChI is InChI=1S/C24H39N3O3S/c1-4-6-7-8-9-10-11-12-22(5-2)31-26-25-24(29)19(3)27-18-17-23(27)30-21-15-13-20(28)14-16-21/h13-17,19,22,26,28H,4-12,18H2,1-3H3,(H,25,29). The Morgan fingerprint density at radius 3 is 2.42 bits per heavy atom. The molecule has 1 aromatic rings. The Balaban J connectivity index is 1.62. The van der Waals surface area contributed by atoms with E-state index >= 15 is 0 Å². The van der Waals surface area contributed by atoms with E-state index in [4.69, 9.17) is 4.74 Å². The molecule has 0 saturated heterocycles. The Kier molecular flexibility index (Phi) is 11.7. The quantitative estimate of drug-likeness (QED) is 0.176. The number of nitrogens with zero attached hydrogens (tertiary/aromatic N) is 1. The molecule has 6 nitrogen and oxygen atoms in total. The van der Waals surface area contributed by atoms with Crippen LogP contribution < -0.4 is 15.0 Å². The number of ether oxygens (including phenoxy) is 1. The highest BCUT2D eigenvalue weighted by Crippen LogP contribution is 2.25. The molecule has 174 valence electrons. The van der Waals surface area contributed by atoms with Gasteiger partial charge >= 0.3 is 0 Å². The highest BCUT2D eigenvalue weighted by molar-refractivity contribution is 7.97. The first-order chi connectivity index (χ1) is 15.0. The SMILES string of the molecule is CCCCCCCCCC(CC)SNNC(=O)C(C)N1CC=C1Oc1ccc(O)cc1. The fraction of sp³-hybridized carbons (Fsp3) is 0.625. The van der Waals surface area contributed by atoms with Crippen LogP contribution in [0.4, 0.5) is 0 Å². The second kappa shape index (κ2) is 14.2. The molecule has 0 bridgehead atoms. The summed E-state index contributed by atoms with van der Waals surface area (Å²) >= 11 is 1.61. The van der Waals surface area contributed by atoms with Crippen molar-refractivity contribution in [3.63, 3.8) is 0 Å². The van der Waals surface area contributed by atoms with Gasteiger partial charge in [-0.2, -0.15) is 4.83 Å². The van der Waals surface area contributed by atoms with Crippen LogP contribution in [0, 0.1) is 0 Å². The molecule has 0 saturated carbocycles. The summed E-state index contributed by atoms with van der Waals surface area (Å²) in [5, 5.41) is 9.88. The van der Waals surface area contributed by atoms with E-state index in [9.17, 15) is 9.90 Å². The zero-order valence-corrected chi connectivity index (χ0v) is 20.0. The second-order valence-electron chi connectivity index (χ2n) is 8.12. The minimum absolute atomic E-state index is 0.0850. The summed E-state index contributed by atoms with van der Waals surface area (Å²) in [5.41, 5.74) is 2.83. The van der Waals surface area contributed by atoms with Crippen LogP contribution in [0.3, 0.4) is 0 Å². The lowest BCUT2D eigenvalue weighted by atomic mass is 10.1. The van der Waals surface area contributed by atoms with E-state index in [0.29, 0.717) is 23.4 Å². The van der Waals surface area contributed by atoms with Gasteiger partial charge in [0.2, 0.25) is 0 Å². The van der Waals surface area contributed by atoms with Crippen molar-refractivity contribution in [3.8, 4) is 11.5 Å². The molecule has 3 N–H and O–H groups in total. The number of nitrogens with one attached hydrogen (secondary N) is 2. The maximum absolute atomic E-state index is 12.5. The molecule has 1 heterocycles. The molecule has 2 atom stereocenters. The van der Waals surface area contributed by atoms with Crippen LogP contribution in [0.5, 0.6) is 11.5 Å². The van der Waals surface area contributed by atoms with E-state index in [-0.39, 0.29) is 17.7 Å². The maximum Gasteiger partial charge on any atom is 0.257 e. The predicted octanol–water partition coefficient (Wildman–Crippen LogP) is 5.50. The molecular formula is C24H39N3O3S. The van der Waals surface area contributed by atoms with Crippen LogP contribution in [0.2, 0.25) is 0 Å². The van der Waals surface area contributed by atoms with Crippen LogP contribution in [0.25, 0.3) is 0 Å². The number of benzene rings is 1. The molecule has 0 aliphatic carbocycles. The van der Waals surface area contributed by atoms with Crippen LogP contribution in [-0.4, -0.2) is 33.8 Å². The largest absolute Gasteiger partial charge is 0.508 e. The minimum atomic E-state index is -0.339. The first-order valence-electron chi connectivity index (χ1n) is 11.7. The summed E-state index contributed by atoms with van der Waals surface area (Å²) in [7, 11) is 0. The van der Waals surface area contributed by atoms with Crippen molar-refractivity contribution in [1.29, 1.82) is 0 Å². The van der Waals surface area contributed by atoms with Crippen molar-refractivity contribution < 1.29 is 14.6 Å². The van der Waals surface area contributed by atoms with Crippen LogP contribution in [0.15, 0.2) is 36.2 Å². The number of aromatic hydroxyl groups is 1. The molecule has 1 aliphatic heterocycles. The van der Waals surface area contributed by atoms with Crippen LogP contribution in [0.1, 0.15) is 78.6 Å². The van der Waals surface area contributed by atoms with Gasteiger partial charge in [-0.25, -0.2) is 0 Å². The van der Waals surface area contributed by atoms with Gasteiger partial charge in [0.25, 0.3) is 5.91 Å². The molecule has 1 amide bonds. The maximum atomic E-state index is 12.5. The van der Waals surface area contributed by atoms with Crippen molar-refractivity contribution >= 4 is 17.9 Å². The Hall–Kier alpha value is -1.86. The zero-order valence-electron chi connectivity index (χ0n) is 19.2. The van der Waals surface area contributed by atoms with Gasteiger partial charge in [0.15, 0.2) is 5.88 Å². The lowest BCUT2D eigenvalue weighted by Crippen LogP contribution is -2.51. The summed E-state index contributed by atoms with van der Waals surface area (Å²) in [6.45, 7) is 6.99. The van der Waals surface area contributed by atoms with Crippen molar-refractivity contribution in [2.75, 3.05) is 6.54 Å². The van der Waals surface area contributed by atoms with Crippen molar-refractivity contribution in [2.24, 2.45) is 0 Å². The van der Waals surface area contributed by atoms with Gasteiger partial charge in [-0.1, -0.05) is 70.7 Å². The number of hydrazine groups is 1. The third-order valence-electron chi connectivity index (χ3n) is 5.64. The highest BCUT2D eigenvalue weighted by Gasteiger charge is 2.29. The molecule has 0 spiro atoms. The van der Waals surface area contributed by atoms with E-state index in [1.807, 2.05) is 17.9 Å². The average molecular weight is 450 g/mol. The molecule has 1 aliphatic rings. The molecule has 7 heteroatoms. The zero-order chi connectivity index (χ0) is 22.5. The van der Waals surface area contributed by atoms with Crippen LogP contribution >= 0.6 is 11.9 Å². The third kappa shape index (κ3) is 9.03. The molecule has 1 aromatic carbocycles. The summed E-state index contributed by atoms with van der Waals surface area (Å²) in [6, 6.07) is 6.21. The molecule has 31 heavy (non-hydrogen) atoms. The Labute approximate surface area is 191 Å². The van der Waals surface area contributed by atoms with Gasteiger partial charge in [-0.3, -0.25) is 10.2 Å². The number of amides is 1. The molecule has 0 aromatic heterocycles. The lowest BCUT2D eigenvalue weighted by molar-refractivity contribution is -0.126. The number of unbranched alkanes of at least 4 members (excludes halogenated alkanes) is 6. The Morgan fingerprint density at radius 2 is 1.81 bits per heavy atom. The van der Waals surface area contributed by atoms with E-state index in [0.717, 1.165) is 6.42 Å². The number of phenols is 1. The Morgan fingerprint density at radius 1 is 1.13 bits per heavy atom. The summed E-state index contributed by atoms with van der Waals surface area (Å²) in [4.78, 5) is 17.5. The monoisotopic (exact) mass is 449 g/mol. The van der Waals surface area contributed by atoms with E-state index < -0.39 is 0 Å². The number of rotatable bonds is 16. The van der Waals surface area contributed by atoms with Gasteiger partial charge < -0.3 is 14.7 Å². The number of carbonyl (C=O) groups is 1. The number of hydrogen-bond donors (Lipinski definition) is 3. The highest BCUT2D eigenvalue weighted by atomic mass is 32.2. The number of carbonyl (C=O) groups excluding carboxylic acids is 1. The van der Waals surface area contributed by atoms with Gasteiger partial charge in [-0.15, -0.1) is 0 Å². The average Bonchev–Trinajstić information content (AvgIpc) is 2.75. The number of hydrogen-bond acceptors (Lipinski definition) is 6. The van der Waals surface area contributed by atoms with Crippen molar-refractivity contribution in [2.45, 2.75) is 89.9 Å². The van der Waals surface area contributed by atoms with Crippen molar-refractivity contribution in [3.05, 3.63) is 36.2 Å². The smallest absolute Gasteiger partial charge is 0.257 e. The Bertz CT molecular complexity index is 681. The molecule has 0 fully saturated rings. The summed E-state index contributed by atoms with van der Waals surface area (Å²) in [5.74, 6) is 1.40. The summed E-state index contributed by atoms with van der Waals surface area (Å²) in [6.07, 6.45) is 13.4. The van der Waals surface area contributed by atoms with Gasteiger partial charge in [0.1, 0.15) is 17.5 Å². The molecular weight excluding hydrogens is 410 g/mol. The molecule has 2 rings (SSSR count). The predicted molar refractivity (Wildman–Crippen MR) is 129 cm³/mol. The first-order valence-corrected chi connectivity index (χ1v) is 12.6. The minimum Gasteiger partial charge on any atom is -0.508 e. The number of phenolic OH excluding ortho intramolecular Hbond substituents is 1. The molecule has 0 radical (unpaired) electrons. The van der Waals surface area contributed by atoms with Gasteiger partial charge in [0, 0.05) is 11.8 Å². The topological polar surface area (TPSA) is 73.8 Å². The lowest BCUT2D eigenvalue weighted by Gasteiger charge is -2.36. The molecule has 2 unspecified atom stereocenters.